The Hall–Kier alpha value is -2.13. The molecule has 0 unspecified atom stereocenters. The molecule has 20 heavy (non-hydrogen) atoms. The fraction of sp³-hybridized carbons (Fsp3) is 0. The molecule has 0 atom stereocenters. The summed E-state index contributed by atoms with van der Waals surface area (Å²) < 4.78 is 2.54. The molecule has 0 saturated carbocycles. The van der Waals surface area contributed by atoms with Crippen molar-refractivity contribution in [1.29, 1.82) is 5.26 Å². The summed E-state index contributed by atoms with van der Waals surface area (Å²) in [7, 11) is 0. The van der Waals surface area contributed by atoms with Crippen molar-refractivity contribution in [2.75, 3.05) is 0 Å². The number of hydrogen-bond acceptors (Lipinski definition) is 2. The largest absolute Gasteiger partial charge is 0.283 e. The van der Waals surface area contributed by atoms with Crippen molar-refractivity contribution in [1.82, 2.24) is 4.57 Å². The average molecular weight is 372 g/mol. The Morgan fingerprint density at radius 3 is 2.70 bits per heavy atom. The Labute approximate surface area is 129 Å². The zero-order valence-corrected chi connectivity index (χ0v) is 12.5. The number of aromatic nitrogens is 1. The number of fused-ring (bicyclic) bond motifs is 1. The third-order valence-electron chi connectivity index (χ3n) is 3.14. The monoisotopic (exact) mass is 372 g/mol. The van der Waals surface area contributed by atoms with Crippen molar-refractivity contribution in [3.63, 3.8) is 0 Å². The molecule has 3 aromatic rings. The maximum absolute atomic E-state index is 12.6. The summed E-state index contributed by atoms with van der Waals surface area (Å²) in [5, 5.41) is 9.79. The minimum absolute atomic E-state index is 0.0605. The maximum atomic E-state index is 12.6. The number of benzene rings is 2. The summed E-state index contributed by atoms with van der Waals surface area (Å²) in [6.07, 6.45) is 1.75. The van der Waals surface area contributed by atoms with Gasteiger partial charge in [-0.25, -0.2) is 0 Å². The molecule has 3 rings (SSSR count). The molecular weight excluding hydrogens is 363 g/mol. The van der Waals surface area contributed by atoms with Crippen LogP contribution in [0.3, 0.4) is 0 Å². The van der Waals surface area contributed by atoms with Crippen LogP contribution in [0.25, 0.3) is 10.9 Å². The van der Waals surface area contributed by atoms with Gasteiger partial charge < -0.3 is 0 Å². The van der Waals surface area contributed by atoms with Crippen molar-refractivity contribution in [3.8, 4) is 6.07 Å². The number of carbonyl (C=O) groups is 1. The van der Waals surface area contributed by atoms with Crippen LogP contribution in [-0.2, 0) is 0 Å². The second-order valence-electron chi connectivity index (χ2n) is 4.36. The van der Waals surface area contributed by atoms with E-state index in [2.05, 4.69) is 28.7 Å². The highest BCUT2D eigenvalue weighted by atomic mass is 127. The molecule has 1 aromatic heterocycles. The number of nitrogens with zero attached hydrogens (tertiary/aromatic N) is 2. The van der Waals surface area contributed by atoms with Gasteiger partial charge >= 0.3 is 0 Å². The number of hydrogen-bond donors (Lipinski definition) is 0. The van der Waals surface area contributed by atoms with Gasteiger partial charge in [0, 0.05) is 15.2 Å². The Kier molecular flexibility index (Phi) is 3.28. The molecule has 0 amide bonds. The van der Waals surface area contributed by atoms with E-state index in [1.54, 1.807) is 22.9 Å². The van der Waals surface area contributed by atoms with Crippen molar-refractivity contribution in [3.05, 3.63) is 69.4 Å². The number of nitriles is 1. The average Bonchev–Trinajstić information content (AvgIpc) is 2.90. The van der Waals surface area contributed by atoms with Gasteiger partial charge in [-0.3, -0.25) is 9.36 Å². The minimum atomic E-state index is -0.0605. The Balaban J connectivity index is 2.14. The molecule has 0 aliphatic rings. The quantitative estimate of drug-likeness (QED) is 0.610. The maximum Gasteiger partial charge on any atom is 0.263 e. The molecule has 0 aliphatic heterocycles. The number of rotatable bonds is 1. The van der Waals surface area contributed by atoms with Crippen LogP contribution >= 0.6 is 22.6 Å². The summed E-state index contributed by atoms with van der Waals surface area (Å²) in [5.41, 5.74) is 2.08. The molecule has 0 fully saturated rings. The number of carbonyl (C=O) groups excluding carboxylic acids is 1. The van der Waals surface area contributed by atoms with E-state index in [1.807, 2.05) is 36.4 Å². The first-order chi connectivity index (χ1) is 9.70. The minimum Gasteiger partial charge on any atom is -0.283 e. The molecule has 0 aliphatic carbocycles. The second-order valence-corrected chi connectivity index (χ2v) is 5.52. The SMILES string of the molecule is N#Cc1ccc2c(ccn2C(=O)c2ccccc2I)c1. The lowest BCUT2D eigenvalue weighted by atomic mass is 10.1. The summed E-state index contributed by atoms with van der Waals surface area (Å²) in [4.78, 5) is 12.6. The Bertz CT molecular complexity index is 858. The third-order valence-corrected chi connectivity index (χ3v) is 4.08. The molecule has 0 bridgehead atoms. The zero-order chi connectivity index (χ0) is 14.1. The van der Waals surface area contributed by atoms with E-state index in [-0.39, 0.29) is 5.91 Å². The first-order valence-electron chi connectivity index (χ1n) is 6.01. The topological polar surface area (TPSA) is 45.8 Å². The molecule has 3 nitrogen and oxygen atoms in total. The van der Waals surface area contributed by atoms with Crippen molar-refractivity contribution in [2.24, 2.45) is 0 Å². The summed E-state index contributed by atoms with van der Waals surface area (Å²) in [5.74, 6) is -0.0605. The summed E-state index contributed by atoms with van der Waals surface area (Å²) in [6, 6.07) is 16.8. The lowest BCUT2D eigenvalue weighted by Crippen LogP contribution is -2.12. The molecule has 4 heteroatoms. The van der Waals surface area contributed by atoms with Gasteiger partial charge in [0.1, 0.15) is 0 Å². The number of halogens is 1. The predicted octanol–water partition coefficient (Wildman–Crippen LogP) is 3.81. The van der Waals surface area contributed by atoms with Gasteiger partial charge in [0.15, 0.2) is 0 Å². The van der Waals surface area contributed by atoms with E-state index >= 15 is 0 Å². The second kappa shape index (κ2) is 5.10. The standard InChI is InChI=1S/C16H9IN2O/c17-14-4-2-1-3-13(14)16(20)19-8-7-12-9-11(10-18)5-6-15(12)19/h1-9H. The summed E-state index contributed by atoms with van der Waals surface area (Å²) in [6.45, 7) is 0. The summed E-state index contributed by atoms with van der Waals surface area (Å²) >= 11 is 2.16. The van der Waals surface area contributed by atoms with E-state index < -0.39 is 0 Å². The molecule has 0 radical (unpaired) electrons. The van der Waals surface area contributed by atoms with Crippen LogP contribution in [0.15, 0.2) is 54.7 Å². The van der Waals surface area contributed by atoms with E-state index in [1.165, 1.54) is 0 Å². The molecule has 96 valence electrons. The molecule has 2 aromatic carbocycles. The van der Waals surface area contributed by atoms with Crippen LogP contribution < -0.4 is 0 Å². The zero-order valence-electron chi connectivity index (χ0n) is 10.4. The van der Waals surface area contributed by atoms with Gasteiger partial charge in [0.2, 0.25) is 0 Å². The van der Waals surface area contributed by atoms with Crippen LogP contribution in [0.2, 0.25) is 0 Å². The molecule has 1 heterocycles. The van der Waals surface area contributed by atoms with E-state index in [4.69, 9.17) is 5.26 Å². The van der Waals surface area contributed by atoms with Crippen molar-refractivity contribution < 1.29 is 4.79 Å². The predicted molar refractivity (Wildman–Crippen MR) is 85.5 cm³/mol. The van der Waals surface area contributed by atoms with Crippen molar-refractivity contribution >= 4 is 39.4 Å². The third kappa shape index (κ3) is 2.10. The molecule has 0 N–H and O–H groups in total. The van der Waals surface area contributed by atoms with Crippen LogP contribution in [0.1, 0.15) is 15.9 Å². The van der Waals surface area contributed by atoms with Gasteiger partial charge in [-0.05, 0) is 59.0 Å². The molecule has 0 saturated heterocycles. The van der Waals surface area contributed by atoms with E-state index in [0.717, 1.165) is 14.5 Å². The molecule has 0 spiro atoms. The first kappa shape index (κ1) is 12.9. The van der Waals surface area contributed by atoms with Crippen LogP contribution in [-0.4, -0.2) is 10.5 Å². The highest BCUT2D eigenvalue weighted by Crippen LogP contribution is 2.20. The van der Waals surface area contributed by atoms with Crippen LogP contribution in [0, 0.1) is 14.9 Å². The van der Waals surface area contributed by atoms with Crippen molar-refractivity contribution in [2.45, 2.75) is 0 Å². The Morgan fingerprint density at radius 1 is 1.15 bits per heavy atom. The van der Waals surface area contributed by atoms with E-state index in [0.29, 0.717) is 11.1 Å². The van der Waals surface area contributed by atoms with Crippen LogP contribution in [0.4, 0.5) is 0 Å². The molecular formula is C16H9IN2O. The first-order valence-corrected chi connectivity index (χ1v) is 7.09. The van der Waals surface area contributed by atoms with Gasteiger partial charge in [0.05, 0.1) is 22.7 Å². The highest BCUT2D eigenvalue weighted by Gasteiger charge is 2.13. The van der Waals surface area contributed by atoms with Gasteiger partial charge in [0.25, 0.3) is 5.91 Å². The van der Waals surface area contributed by atoms with E-state index in [9.17, 15) is 4.79 Å². The Morgan fingerprint density at radius 2 is 1.95 bits per heavy atom. The lowest BCUT2D eigenvalue weighted by Gasteiger charge is -2.06. The van der Waals surface area contributed by atoms with Gasteiger partial charge in [-0.1, -0.05) is 12.1 Å². The normalized spacial score (nSPS) is 10.4. The van der Waals surface area contributed by atoms with Gasteiger partial charge in [-0.15, -0.1) is 0 Å². The fourth-order valence-electron chi connectivity index (χ4n) is 2.15. The smallest absolute Gasteiger partial charge is 0.263 e. The van der Waals surface area contributed by atoms with Gasteiger partial charge in [-0.2, -0.15) is 5.26 Å². The highest BCUT2D eigenvalue weighted by molar-refractivity contribution is 14.1. The van der Waals surface area contributed by atoms with Crippen LogP contribution in [0.5, 0.6) is 0 Å². The fourth-order valence-corrected chi connectivity index (χ4v) is 2.77. The lowest BCUT2D eigenvalue weighted by molar-refractivity contribution is 0.0964.